The van der Waals surface area contributed by atoms with Crippen molar-refractivity contribution in [3.8, 4) is 16.9 Å². The van der Waals surface area contributed by atoms with Crippen LogP contribution < -0.4 is 0 Å². The lowest BCUT2D eigenvalue weighted by molar-refractivity contribution is 0.444. The fourth-order valence-electron chi connectivity index (χ4n) is 4.20. The van der Waals surface area contributed by atoms with E-state index in [2.05, 4.69) is 102 Å². The summed E-state index contributed by atoms with van der Waals surface area (Å²) in [5.74, 6) is 0.332. The van der Waals surface area contributed by atoms with E-state index < -0.39 is 0 Å². The van der Waals surface area contributed by atoms with Crippen molar-refractivity contribution in [1.29, 1.82) is 0 Å². The predicted octanol–water partition coefficient (Wildman–Crippen LogP) is 7.18. The number of fused-ring (bicyclic) bond motifs is 3. The Balaban J connectivity index is 1.84. The van der Waals surface area contributed by atoms with Crippen LogP contribution >= 0.6 is 0 Å². The highest BCUT2D eigenvalue weighted by Gasteiger charge is 2.28. The van der Waals surface area contributed by atoms with Gasteiger partial charge in [-0.1, -0.05) is 96.1 Å². The Labute approximate surface area is 180 Å². The molecule has 1 aliphatic rings. The molecule has 0 saturated carbocycles. The zero-order valence-corrected chi connectivity index (χ0v) is 18.8. The van der Waals surface area contributed by atoms with Gasteiger partial charge in [0.2, 0.25) is 0 Å². The molecule has 3 aromatic carbocycles. The molecule has 4 rings (SSSR count). The summed E-state index contributed by atoms with van der Waals surface area (Å²) in [5, 5.41) is 11.1. The normalized spacial score (nSPS) is 14.2. The van der Waals surface area contributed by atoms with Gasteiger partial charge in [0.25, 0.3) is 0 Å². The molecule has 0 spiro atoms. The number of aromatic hydroxyl groups is 1. The molecule has 0 aromatic heterocycles. The minimum Gasteiger partial charge on any atom is -0.507 e. The van der Waals surface area contributed by atoms with Gasteiger partial charge in [-0.25, -0.2) is 0 Å². The first-order valence-electron chi connectivity index (χ1n) is 10.7. The lowest BCUT2D eigenvalue weighted by Gasteiger charge is -2.27. The predicted molar refractivity (Wildman–Crippen MR) is 127 cm³/mol. The monoisotopic (exact) mass is 397 g/mol. The highest BCUT2D eigenvalue weighted by atomic mass is 16.3. The zero-order chi connectivity index (χ0) is 21.7. The molecule has 2 nitrogen and oxygen atoms in total. The Morgan fingerprint density at radius 1 is 0.767 bits per heavy atom. The fraction of sp³-hybridized carbons (Fsp3) is 0.321. The maximum Gasteiger partial charge on any atom is 0.128 e. The van der Waals surface area contributed by atoms with Gasteiger partial charge >= 0.3 is 0 Å². The summed E-state index contributed by atoms with van der Waals surface area (Å²) in [4.78, 5) is 5.00. The summed E-state index contributed by atoms with van der Waals surface area (Å²) in [7, 11) is 0. The molecule has 0 aliphatic heterocycles. The summed E-state index contributed by atoms with van der Waals surface area (Å²) >= 11 is 0. The lowest BCUT2D eigenvalue weighted by Crippen LogP contribution is -2.17. The maximum atomic E-state index is 11.1. The summed E-state index contributed by atoms with van der Waals surface area (Å²) in [6.45, 7) is 13.0. The highest BCUT2D eigenvalue weighted by Crippen LogP contribution is 2.45. The quantitative estimate of drug-likeness (QED) is 0.457. The van der Waals surface area contributed by atoms with Crippen LogP contribution in [0.1, 0.15) is 75.4 Å². The van der Waals surface area contributed by atoms with E-state index in [0.717, 1.165) is 11.1 Å². The van der Waals surface area contributed by atoms with E-state index in [1.807, 2.05) is 6.21 Å². The Kier molecular flexibility index (Phi) is 4.85. The largest absolute Gasteiger partial charge is 0.507 e. The standard InChI is InChI=1S/C28H31NO/c1-27(2,3)19-15-18(26(30)24(16-19)28(4,5)6)17-29-25-22-13-9-7-11-20(22)21-12-8-10-14-23(21)25/h7-17,25,30H,1-6H3. The van der Waals surface area contributed by atoms with E-state index in [4.69, 9.17) is 4.99 Å². The second-order valence-corrected chi connectivity index (χ2v) is 10.3. The summed E-state index contributed by atoms with van der Waals surface area (Å²) in [6, 6.07) is 21.1. The Bertz CT molecular complexity index is 1080. The Hall–Kier alpha value is -2.87. The Morgan fingerprint density at radius 2 is 1.30 bits per heavy atom. The average molecular weight is 398 g/mol. The number of phenolic OH excluding ortho intramolecular Hbond substituents is 1. The van der Waals surface area contributed by atoms with Gasteiger partial charge in [0.1, 0.15) is 11.8 Å². The molecule has 30 heavy (non-hydrogen) atoms. The third-order valence-electron chi connectivity index (χ3n) is 5.98. The number of aliphatic imine (C=N–C) groups is 1. The van der Waals surface area contributed by atoms with E-state index in [9.17, 15) is 5.11 Å². The maximum absolute atomic E-state index is 11.1. The van der Waals surface area contributed by atoms with Crippen LogP contribution in [0.5, 0.6) is 5.75 Å². The molecule has 0 saturated heterocycles. The SMILES string of the molecule is CC(C)(C)c1cc(C=NC2c3ccccc3-c3ccccc32)c(O)c(C(C)(C)C)c1. The minimum atomic E-state index is -0.152. The van der Waals surface area contributed by atoms with Crippen molar-refractivity contribution in [2.75, 3.05) is 0 Å². The van der Waals surface area contributed by atoms with Crippen LogP contribution in [0.15, 0.2) is 65.7 Å². The van der Waals surface area contributed by atoms with Gasteiger partial charge in [-0.3, -0.25) is 4.99 Å². The molecule has 1 N–H and O–H groups in total. The molecule has 0 heterocycles. The lowest BCUT2D eigenvalue weighted by atomic mass is 9.79. The van der Waals surface area contributed by atoms with E-state index in [1.165, 1.54) is 27.8 Å². The minimum absolute atomic E-state index is 0.0111. The average Bonchev–Trinajstić information content (AvgIpc) is 2.99. The molecule has 154 valence electrons. The zero-order valence-electron chi connectivity index (χ0n) is 18.8. The van der Waals surface area contributed by atoms with Crippen LogP contribution in [-0.2, 0) is 10.8 Å². The van der Waals surface area contributed by atoms with Crippen LogP contribution in [0.3, 0.4) is 0 Å². The van der Waals surface area contributed by atoms with E-state index in [-0.39, 0.29) is 16.9 Å². The van der Waals surface area contributed by atoms with Crippen molar-refractivity contribution in [2.45, 2.75) is 58.4 Å². The highest BCUT2D eigenvalue weighted by molar-refractivity contribution is 5.87. The number of benzene rings is 3. The van der Waals surface area contributed by atoms with Crippen molar-refractivity contribution >= 4 is 6.21 Å². The summed E-state index contributed by atoms with van der Waals surface area (Å²) < 4.78 is 0. The number of hydrogen-bond acceptors (Lipinski definition) is 2. The topological polar surface area (TPSA) is 32.6 Å². The molecule has 0 fully saturated rings. The van der Waals surface area contributed by atoms with Gasteiger partial charge in [0, 0.05) is 17.3 Å². The van der Waals surface area contributed by atoms with Gasteiger partial charge in [-0.05, 0) is 44.7 Å². The van der Waals surface area contributed by atoms with Gasteiger partial charge in [-0.2, -0.15) is 0 Å². The van der Waals surface area contributed by atoms with Gasteiger partial charge in [0.15, 0.2) is 0 Å². The third kappa shape index (κ3) is 3.56. The first-order chi connectivity index (χ1) is 14.1. The Morgan fingerprint density at radius 3 is 1.80 bits per heavy atom. The number of rotatable bonds is 2. The van der Waals surface area contributed by atoms with Crippen molar-refractivity contribution in [2.24, 2.45) is 4.99 Å². The fourth-order valence-corrected chi connectivity index (χ4v) is 4.20. The van der Waals surface area contributed by atoms with Gasteiger partial charge < -0.3 is 5.11 Å². The van der Waals surface area contributed by atoms with E-state index in [0.29, 0.717) is 5.75 Å². The van der Waals surface area contributed by atoms with Crippen molar-refractivity contribution in [3.05, 3.63) is 88.5 Å². The smallest absolute Gasteiger partial charge is 0.128 e. The van der Waals surface area contributed by atoms with Crippen LogP contribution in [0.4, 0.5) is 0 Å². The molecule has 0 unspecified atom stereocenters. The molecular weight excluding hydrogens is 366 g/mol. The second kappa shape index (κ2) is 7.12. The van der Waals surface area contributed by atoms with Crippen molar-refractivity contribution < 1.29 is 5.11 Å². The van der Waals surface area contributed by atoms with Crippen molar-refractivity contribution in [1.82, 2.24) is 0 Å². The van der Waals surface area contributed by atoms with Crippen LogP contribution in [0.25, 0.3) is 11.1 Å². The first-order valence-corrected chi connectivity index (χ1v) is 10.7. The van der Waals surface area contributed by atoms with E-state index >= 15 is 0 Å². The van der Waals surface area contributed by atoms with Crippen LogP contribution in [0.2, 0.25) is 0 Å². The molecule has 0 amide bonds. The number of nitrogens with zero attached hydrogens (tertiary/aromatic N) is 1. The van der Waals surface area contributed by atoms with E-state index in [1.54, 1.807) is 0 Å². The van der Waals surface area contributed by atoms with Gasteiger partial charge in [-0.15, -0.1) is 0 Å². The van der Waals surface area contributed by atoms with Gasteiger partial charge in [0.05, 0.1) is 0 Å². The molecule has 3 aromatic rings. The number of hydrogen-bond donors (Lipinski definition) is 1. The molecular formula is C28H31NO. The first kappa shape index (κ1) is 20.4. The number of phenols is 1. The second-order valence-electron chi connectivity index (χ2n) is 10.3. The summed E-state index contributed by atoms with van der Waals surface area (Å²) in [6.07, 6.45) is 1.86. The van der Waals surface area contributed by atoms with Crippen LogP contribution in [0, 0.1) is 0 Å². The molecule has 0 bridgehead atoms. The molecule has 0 radical (unpaired) electrons. The molecule has 1 aliphatic carbocycles. The van der Waals surface area contributed by atoms with Crippen LogP contribution in [-0.4, -0.2) is 11.3 Å². The van der Waals surface area contributed by atoms with Crippen molar-refractivity contribution in [3.63, 3.8) is 0 Å². The third-order valence-corrected chi connectivity index (χ3v) is 5.98. The molecule has 0 atom stereocenters. The summed E-state index contributed by atoms with van der Waals surface area (Å²) in [5.41, 5.74) is 7.73. The molecule has 2 heteroatoms.